The van der Waals surface area contributed by atoms with Crippen molar-refractivity contribution in [3.8, 4) is 0 Å². The highest BCUT2D eigenvalue weighted by Gasteiger charge is 2.29. The van der Waals surface area contributed by atoms with E-state index >= 15 is 0 Å². The quantitative estimate of drug-likeness (QED) is 0.777. The fourth-order valence-corrected chi connectivity index (χ4v) is 3.01. The number of hydrogen-bond acceptors (Lipinski definition) is 2. The Morgan fingerprint density at radius 3 is 2.79 bits per heavy atom. The van der Waals surface area contributed by atoms with E-state index in [9.17, 15) is 0 Å². The summed E-state index contributed by atoms with van der Waals surface area (Å²) in [4.78, 5) is 1.63. The minimum atomic E-state index is -2.15. The zero-order valence-electron chi connectivity index (χ0n) is 14.6. The van der Waals surface area contributed by atoms with Gasteiger partial charge < -0.3 is 10.2 Å². The second-order valence-electron chi connectivity index (χ2n) is 5.01. The summed E-state index contributed by atoms with van der Waals surface area (Å²) < 4.78 is 33.1. The molecule has 0 aromatic heterocycles. The Kier molecular flexibility index (Phi) is 1.78. The summed E-state index contributed by atoms with van der Waals surface area (Å²) in [5, 5.41) is 2.76. The molecule has 1 fully saturated rings. The van der Waals surface area contributed by atoms with Crippen LogP contribution in [-0.2, 0) is 6.42 Å². The minimum Gasteiger partial charge on any atom is -0.362 e. The lowest BCUT2D eigenvalue weighted by molar-refractivity contribution is 0.490. The lowest BCUT2D eigenvalue weighted by Gasteiger charge is -2.38. The summed E-state index contributed by atoms with van der Waals surface area (Å²) in [7, 11) is 0. The highest BCUT2D eigenvalue weighted by molar-refractivity contribution is 5.60. The van der Waals surface area contributed by atoms with Crippen LogP contribution in [0.2, 0.25) is 0 Å². The van der Waals surface area contributed by atoms with Crippen molar-refractivity contribution < 1.29 is 5.48 Å². The second-order valence-corrected chi connectivity index (χ2v) is 5.01. The Hall–Kier alpha value is -1.80. The van der Waals surface area contributed by atoms with E-state index in [4.69, 9.17) is 5.48 Å². The Morgan fingerprint density at radius 2 is 1.84 bits per heavy atom. The molecule has 96 valence electrons. The Morgan fingerprint density at radius 1 is 1.05 bits per heavy atom. The zero-order chi connectivity index (χ0) is 16.2. The normalized spacial score (nSPS) is 29.5. The van der Waals surface area contributed by atoms with Crippen molar-refractivity contribution in [1.29, 1.82) is 0 Å². The molecule has 1 unspecified atom stereocenters. The second kappa shape index (κ2) is 4.39. The van der Waals surface area contributed by atoms with E-state index in [1.54, 1.807) is 4.90 Å². The fourth-order valence-electron chi connectivity index (χ4n) is 3.01. The first-order valence-electron chi connectivity index (χ1n) is 8.62. The predicted molar refractivity (Wildman–Crippen MR) is 78.6 cm³/mol. The van der Waals surface area contributed by atoms with Crippen LogP contribution in [0.4, 0.5) is 5.69 Å². The van der Waals surface area contributed by atoms with Gasteiger partial charge in [-0.3, -0.25) is 0 Å². The maximum Gasteiger partial charge on any atom is 0.0670 e. The van der Waals surface area contributed by atoms with Gasteiger partial charge >= 0.3 is 0 Å². The molecular formula is C17H18N2. The molecule has 2 heteroatoms. The van der Waals surface area contributed by atoms with Gasteiger partial charge in [0.1, 0.15) is 0 Å². The van der Waals surface area contributed by atoms with Crippen molar-refractivity contribution in [3.05, 3.63) is 65.2 Å². The number of piperazine rings is 1. The van der Waals surface area contributed by atoms with Crippen molar-refractivity contribution >= 4 is 5.69 Å². The lowest BCUT2D eigenvalue weighted by Crippen LogP contribution is -2.46. The molecule has 2 heterocycles. The molecule has 2 aromatic rings. The Balaban J connectivity index is 1.98. The summed E-state index contributed by atoms with van der Waals surface area (Å²) in [5.74, 6) is 0. The number of hydrogen-bond donors (Lipinski definition) is 1. The van der Waals surface area contributed by atoms with Gasteiger partial charge in [-0.2, -0.15) is 0 Å². The first kappa shape index (κ1) is 7.71. The van der Waals surface area contributed by atoms with Crippen LogP contribution in [0.5, 0.6) is 0 Å². The third-order valence-corrected chi connectivity index (χ3v) is 3.92. The summed E-state index contributed by atoms with van der Waals surface area (Å²) in [6.45, 7) is -3.89. The van der Waals surface area contributed by atoms with Gasteiger partial charge in [-0.15, -0.1) is 0 Å². The molecule has 2 aliphatic heterocycles. The van der Waals surface area contributed by atoms with Crippen LogP contribution in [-0.4, -0.2) is 19.5 Å². The molecule has 1 atom stereocenters. The number of rotatable bonds is 0. The van der Waals surface area contributed by atoms with Gasteiger partial charge in [-0.1, -0.05) is 42.5 Å². The molecule has 0 bridgehead atoms. The van der Waals surface area contributed by atoms with Gasteiger partial charge in [-0.05, 0) is 29.2 Å². The molecule has 2 aliphatic rings. The minimum absolute atomic E-state index is 0.228. The number of anilines is 1. The molecule has 0 aliphatic carbocycles. The summed E-state index contributed by atoms with van der Waals surface area (Å²) >= 11 is 0. The summed E-state index contributed by atoms with van der Waals surface area (Å²) in [5.41, 5.74) is 4.05. The van der Waals surface area contributed by atoms with E-state index in [-0.39, 0.29) is 6.04 Å². The molecule has 0 amide bonds. The van der Waals surface area contributed by atoms with Gasteiger partial charge in [0.15, 0.2) is 0 Å². The van der Waals surface area contributed by atoms with E-state index < -0.39 is 13.0 Å². The molecule has 1 saturated heterocycles. The number of fused-ring (bicyclic) bond motifs is 5. The number of nitrogens with zero attached hydrogens (tertiary/aromatic N) is 1. The predicted octanol–water partition coefficient (Wildman–Crippen LogP) is 2.74. The molecule has 0 saturated carbocycles. The molecule has 2 aromatic carbocycles. The number of para-hydroxylation sites is 1. The average molecular weight is 254 g/mol. The van der Waals surface area contributed by atoms with Crippen LogP contribution in [0, 0.1) is 0 Å². The molecule has 0 radical (unpaired) electrons. The largest absolute Gasteiger partial charge is 0.362 e. The van der Waals surface area contributed by atoms with E-state index in [1.807, 2.05) is 42.5 Å². The topological polar surface area (TPSA) is 15.3 Å². The Labute approximate surface area is 119 Å². The van der Waals surface area contributed by atoms with E-state index in [2.05, 4.69) is 11.4 Å². The van der Waals surface area contributed by atoms with Gasteiger partial charge in [0.05, 0.1) is 8.78 Å². The molecule has 4 rings (SSSR count). The third-order valence-electron chi connectivity index (χ3n) is 3.92. The maximum absolute atomic E-state index is 8.48. The van der Waals surface area contributed by atoms with Gasteiger partial charge in [0.25, 0.3) is 0 Å². The molecule has 2 nitrogen and oxygen atoms in total. The highest BCUT2D eigenvalue weighted by atomic mass is 15.2. The maximum atomic E-state index is 8.48. The van der Waals surface area contributed by atoms with E-state index in [1.165, 1.54) is 5.56 Å². The van der Waals surface area contributed by atoms with Crippen LogP contribution >= 0.6 is 0 Å². The smallest absolute Gasteiger partial charge is 0.0670 e. The first-order valence-corrected chi connectivity index (χ1v) is 6.62. The summed E-state index contributed by atoms with van der Waals surface area (Å²) in [6, 6.07) is 15.6. The van der Waals surface area contributed by atoms with Crippen LogP contribution in [0.15, 0.2) is 48.5 Å². The van der Waals surface area contributed by atoms with E-state index in [0.29, 0.717) is 6.54 Å². The third kappa shape index (κ3) is 1.75. The zero-order valence-corrected chi connectivity index (χ0v) is 10.6. The van der Waals surface area contributed by atoms with Crippen LogP contribution < -0.4 is 10.2 Å². The fraction of sp³-hybridized carbons (Fsp3) is 0.294. The molecule has 0 spiro atoms. The summed E-state index contributed by atoms with van der Waals surface area (Å²) in [6.07, 6.45) is 0.735. The van der Waals surface area contributed by atoms with Crippen LogP contribution in [0.3, 0.4) is 0 Å². The first-order chi connectivity index (χ1) is 10.9. The highest BCUT2D eigenvalue weighted by Crippen LogP contribution is 2.37. The monoisotopic (exact) mass is 254 g/mol. The molecule has 19 heavy (non-hydrogen) atoms. The van der Waals surface area contributed by atoms with Gasteiger partial charge in [0.2, 0.25) is 0 Å². The van der Waals surface area contributed by atoms with Crippen molar-refractivity contribution in [2.75, 3.05) is 24.4 Å². The van der Waals surface area contributed by atoms with E-state index in [0.717, 1.165) is 23.2 Å². The van der Waals surface area contributed by atoms with Crippen molar-refractivity contribution in [2.45, 2.75) is 12.5 Å². The number of nitrogens with one attached hydrogen (secondary N) is 1. The molecular weight excluding hydrogens is 232 g/mol. The standard InChI is InChI=1S/C17H18N2/c1-3-7-15-13(5-1)11-14-6-2-4-8-16(14)19-10-9-18-12-17(15)19/h1-8,17-18H,9-12H2/i9D2,10D2. The van der Waals surface area contributed by atoms with Gasteiger partial charge in [0, 0.05) is 28.0 Å². The van der Waals surface area contributed by atoms with Gasteiger partial charge in [-0.25, -0.2) is 0 Å². The van der Waals surface area contributed by atoms with Crippen LogP contribution in [0.1, 0.15) is 28.2 Å². The van der Waals surface area contributed by atoms with Crippen molar-refractivity contribution in [3.63, 3.8) is 0 Å². The SMILES string of the molecule is [2H]C1([2H])NCC2c3ccccc3Cc3ccccc3N2C1([2H])[2H]. The lowest BCUT2D eigenvalue weighted by atomic mass is 9.96. The Bertz CT molecular complexity index is 760. The molecule has 1 N–H and O–H groups in total. The number of benzene rings is 2. The van der Waals surface area contributed by atoms with Crippen molar-refractivity contribution in [1.82, 2.24) is 5.32 Å². The van der Waals surface area contributed by atoms with Crippen LogP contribution in [0.25, 0.3) is 0 Å². The van der Waals surface area contributed by atoms with Crippen molar-refractivity contribution in [2.24, 2.45) is 0 Å². The average Bonchev–Trinajstić information content (AvgIpc) is 2.66.